The molecule has 0 spiro atoms. The fraction of sp³-hybridized carbons (Fsp3) is 0.692. The summed E-state index contributed by atoms with van der Waals surface area (Å²) in [4.78, 5) is 25.4. The lowest BCUT2D eigenvalue weighted by Crippen LogP contribution is -2.35. The van der Waals surface area contributed by atoms with Gasteiger partial charge in [-0.15, -0.1) is 0 Å². The maximum atomic E-state index is 11.8. The molecule has 0 atom stereocenters. The Morgan fingerprint density at radius 3 is 2.53 bits per heavy atom. The first-order valence-corrected chi connectivity index (χ1v) is 6.88. The van der Waals surface area contributed by atoms with Crippen LogP contribution < -0.4 is 22.3 Å². The second-order valence-electron chi connectivity index (χ2n) is 5.35. The molecule has 1 saturated carbocycles. The first-order valence-electron chi connectivity index (χ1n) is 6.88. The Kier molecular flexibility index (Phi) is 3.97. The van der Waals surface area contributed by atoms with E-state index in [0.29, 0.717) is 5.69 Å². The van der Waals surface area contributed by atoms with Crippen LogP contribution in [0.4, 0.5) is 11.5 Å². The highest BCUT2D eigenvalue weighted by molar-refractivity contribution is 5.60. The van der Waals surface area contributed by atoms with Gasteiger partial charge in [0.05, 0.1) is 0 Å². The minimum absolute atomic E-state index is 0.200. The molecule has 0 radical (unpaired) electrons. The van der Waals surface area contributed by atoms with Crippen molar-refractivity contribution in [2.24, 2.45) is 13.0 Å². The third kappa shape index (κ3) is 2.83. The molecular formula is C13H22N4O2. The second-order valence-corrected chi connectivity index (χ2v) is 5.35. The lowest BCUT2D eigenvalue weighted by Gasteiger charge is -2.29. The van der Waals surface area contributed by atoms with Crippen molar-refractivity contribution in [2.45, 2.75) is 45.1 Å². The van der Waals surface area contributed by atoms with Crippen molar-refractivity contribution in [3.05, 3.63) is 20.8 Å². The van der Waals surface area contributed by atoms with Crippen LogP contribution in [-0.2, 0) is 7.05 Å². The molecule has 1 aromatic rings. The van der Waals surface area contributed by atoms with E-state index in [4.69, 9.17) is 5.73 Å². The minimum atomic E-state index is -0.484. The maximum Gasteiger partial charge on any atom is 0.329 e. The molecule has 1 heterocycles. The summed E-state index contributed by atoms with van der Waals surface area (Å²) in [6.07, 6.45) is 5.66. The lowest BCUT2D eigenvalue weighted by atomic mass is 9.84. The van der Waals surface area contributed by atoms with E-state index in [9.17, 15) is 9.59 Å². The SMILES string of the molecule is CCC1CCC(Nc2c(N)n(C)c(=O)[nH]c2=O)CC1. The predicted molar refractivity (Wildman–Crippen MR) is 76.4 cm³/mol. The maximum absolute atomic E-state index is 11.8. The molecule has 0 aliphatic heterocycles. The van der Waals surface area contributed by atoms with E-state index in [2.05, 4.69) is 17.2 Å². The number of rotatable bonds is 3. The van der Waals surface area contributed by atoms with Crippen molar-refractivity contribution < 1.29 is 0 Å². The first-order chi connectivity index (χ1) is 9.02. The van der Waals surface area contributed by atoms with E-state index in [1.165, 1.54) is 23.8 Å². The summed E-state index contributed by atoms with van der Waals surface area (Å²) in [5.41, 5.74) is 5.24. The first kappa shape index (κ1) is 13.7. The fourth-order valence-electron chi connectivity index (χ4n) is 2.70. The number of hydrogen-bond acceptors (Lipinski definition) is 4. The number of aromatic nitrogens is 2. The van der Waals surface area contributed by atoms with Crippen LogP contribution in [0.15, 0.2) is 9.59 Å². The van der Waals surface area contributed by atoms with Gasteiger partial charge in [0.25, 0.3) is 5.56 Å². The summed E-state index contributed by atoms with van der Waals surface area (Å²) in [5.74, 6) is 1.00. The second kappa shape index (κ2) is 5.50. The molecule has 1 aromatic heterocycles. The number of nitrogen functional groups attached to an aromatic ring is 1. The number of anilines is 2. The van der Waals surface area contributed by atoms with Crippen molar-refractivity contribution >= 4 is 11.5 Å². The van der Waals surface area contributed by atoms with Crippen molar-refractivity contribution in [3.63, 3.8) is 0 Å². The molecule has 6 heteroatoms. The van der Waals surface area contributed by atoms with E-state index in [0.717, 1.165) is 18.8 Å². The zero-order valence-corrected chi connectivity index (χ0v) is 11.5. The topological polar surface area (TPSA) is 92.9 Å². The average molecular weight is 266 g/mol. The number of nitrogens with two attached hydrogens (primary N) is 1. The Labute approximate surface area is 112 Å². The Bertz CT molecular complexity index is 553. The van der Waals surface area contributed by atoms with Crippen molar-refractivity contribution in [1.29, 1.82) is 0 Å². The molecule has 1 aliphatic carbocycles. The Hall–Kier alpha value is -1.72. The van der Waals surface area contributed by atoms with Gasteiger partial charge >= 0.3 is 5.69 Å². The average Bonchev–Trinajstić information content (AvgIpc) is 2.42. The van der Waals surface area contributed by atoms with Gasteiger partial charge in [-0.1, -0.05) is 13.3 Å². The van der Waals surface area contributed by atoms with E-state index in [1.807, 2.05) is 0 Å². The van der Waals surface area contributed by atoms with Gasteiger partial charge in [0.2, 0.25) is 0 Å². The van der Waals surface area contributed by atoms with Gasteiger partial charge in [0.1, 0.15) is 11.5 Å². The smallest absolute Gasteiger partial charge is 0.329 e. The van der Waals surface area contributed by atoms with Gasteiger partial charge in [0.15, 0.2) is 0 Å². The van der Waals surface area contributed by atoms with Crippen LogP contribution in [0.3, 0.4) is 0 Å². The Morgan fingerprint density at radius 2 is 1.95 bits per heavy atom. The molecule has 0 bridgehead atoms. The summed E-state index contributed by atoms with van der Waals surface area (Å²) in [6.45, 7) is 2.22. The highest BCUT2D eigenvalue weighted by atomic mass is 16.2. The molecule has 19 heavy (non-hydrogen) atoms. The standard InChI is InChI=1S/C13H22N4O2/c1-3-8-4-6-9(7-5-8)15-10-11(14)17(2)13(19)16-12(10)18/h8-9,15H,3-7,14H2,1-2H3,(H,16,18,19). The van der Waals surface area contributed by atoms with Crippen LogP contribution in [0.5, 0.6) is 0 Å². The molecule has 0 amide bonds. The summed E-state index contributed by atoms with van der Waals surface area (Å²) in [7, 11) is 1.55. The van der Waals surface area contributed by atoms with Crippen LogP contribution in [-0.4, -0.2) is 15.6 Å². The molecule has 1 aliphatic rings. The quantitative estimate of drug-likeness (QED) is 0.762. The zero-order chi connectivity index (χ0) is 14.0. The molecule has 106 valence electrons. The van der Waals surface area contributed by atoms with Crippen molar-refractivity contribution in [3.8, 4) is 0 Å². The largest absolute Gasteiger partial charge is 0.383 e. The number of hydrogen-bond donors (Lipinski definition) is 3. The summed E-state index contributed by atoms with van der Waals surface area (Å²) < 4.78 is 1.25. The van der Waals surface area contributed by atoms with E-state index < -0.39 is 11.2 Å². The highest BCUT2D eigenvalue weighted by Crippen LogP contribution is 2.28. The number of aromatic amines is 1. The Morgan fingerprint density at radius 1 is 1.32 bits per heavy atom. The molecule has 4 N–H and O–H groups in total. The summed E-state index contributed by atoms with van der Waals surface area (Å²) in [6, 6.07) is 0.267. The Balaban J connectivity index is 2.15. The van der Waals surface area contributed by atoms with E-state index in [-0.39, 0.29) is 11.9 Å². The van der Waals surface area contributed by atoms with Gasteiger partial charge in [-0.25, -0.2) is 4.79 Å². The molecule has 0 unspecified atom stereocenters. The molecule has 0 saturated heterocycles. The molecular weight excluding hydrogens is 244 g/mol. The summed E-state index contributed by atoms with van der Waals surface area (Å²) in [5, 5.41) is 3.20. The molecule has 6 nitrogen and oxygen atoms in total. The van der Waals surface area contributed by atoms with Gasteiger partial charge in [-0.05, 0) is 31.6 Å². The number of H-pyrrole nitrogens is 1. The number of nitrogens with zero attached hydrogens (tertiary/aromatic N) is 1. The lowest BCUT2D eigenvalue weighted by molar-refractivity contribution is 0.330. The van der Waals surface area contributed by atoms with Crippen LogP contribution in [0, 0.1) is 5.92 Å². The van der Waals surface area contributed by atoms with Crippen molar-refractivity contribution in [1.82, 2.24) is 9.55 Å². The molecule has 2 rings (SSSR count). The van der Waals surface area contributed by atoms with Crippen LogP contribution >= 0.6 is 0 Å². The molecule has 1 fully saturated rings. The zero-order valence-electron chi connectivity index (χ0n) is 11.5. The third-order valence-corrected chi connectivity index (χ3v) is 4.14. The van der Waals surface area contributed by atoms with E-state index in [1.54, 1.807) is 7.05 Å². The van der Waals surface area contributed by atoms with Crippen LogP contribution in [0.1, 0.15) is 39.0 Å². The van der Waals surface area contributed by atoms with Gasteiger partial charge in [-0.3, -0.25) is 14.3 Å². The monoisotopic (exact) mass is 266 g/mol. The van der Waals surface area contributed by atoms with Crippen LogP contribution in [0.25, 0.3) is 0 Å². The molecule has 0 aromatic carbocycles. The van der Waals surface area contributed by atoms with Crippen LogP contribution in [0.2, 0.25) is 0 Å². The van der Waals surface area contributed by atoms with Gasteiger partial charge in [-0.2, -0.15) is 0 Å². The normalized spacial score (nSPS) is 23.3. The fourth-order valence-corrected chi connectivity index (χ4v) is 2.70. The van der Waals surface area contributed by atoms with E-state index >= 15 is 0 Å². The predicted octanol–water partition coefficient (Wildman–Crippen LogP) is 1.04. The van der Waals surface area contributed by atoms with Gasteiger partial charge < -0.3 is 11.1 Å². The number of nitrogens with one attached hydrogen (secondary N) is 2. The highest BCUT2D eigenvalue weighted by Gasteiger charge is 2.21. The third-order valence-electron chi connectivity index (χ3n) is 4.14. The summed E-state index contributed by atoms with van der Waals surface area (Å²) >= 11 is 0. The van der Waals surface area contributed by atoms with Gasteiger partial charge in [0, 0.05) is 13.1 Å². The van der Waals surface area contributed by atoms with Crippen molar-refractivity contribution in [2.75, 3.05) is 11.1 Å². The minimum Gasteiger partial charge on any atom is -0.383 e.